The van der Waals surface area contributed by atoms with Crippen molar-refractivity contribution >= 4 is 0 Å². The van der Waals surface area contributed by atoms with Gasteiger partial charge < -0.3 is 56.8 Å². The maximum absolute atomic E-state index is 5.49. The molecule has 0 bridgehead atoms. The quantitative estimate of drug-likeness (QED) is 0.0960. The van der Waals surface area contributed by atoms with Crippen LogP contribution in [0.4, 0.5) is 0 Å². The Morgan fingerprint density at radius 2 is 0.452 bits per heavy atom. The van der Waals surface area contributed by atoms with Gasteiger partial charge in [0.25, 0.3) is 0 Å². The third-order valence-corrected chi connectivity index (χ3v) is 5.24. The van der Waals surface area contributed by atoms with E-state index in [0.29, 0.717) is 151 Å². The van der Waals surface area contributed by atoms with Gasteiger partial charge in [-0.25, -0.2) is 0 Å². The highest BCUT2D eigenvalue weighted by atomic mass is 16.6. The van der Waals surface area contributed by atoms with Gasteiger partial charge in [-0.05, 0) is 26.2 Å². The SMILES string of the molecule is CC(C)CCOCCOCCOCCOCCOCCOCCOCCOCCOCCOCCOCCOC(C)C. The molecule has 0 aromatic rings. The van der Waals surface area contributed by atoms with Crippen molar-refractivity contribution in [3.63, 3.8) is 0 Å². The predicted octanol–water partition coefficient (Wildman–Crippen LogP) is 2.64. The molecule has 0 aliphatic rings. The standard InChI is InChI=1S/C30H62O12/c1-29(2)5-6-31-7-8-32-9-10-33-11-12-34-13-14-35-15-16-36-17-18-37-19-20-38-21-22-39-23-24-40-25-26-41-27-28-42-30(3)4/h29-30H,5-28H2,1-4H3. The molecule has 0 saturated carbocycles. The number of hydrogen-bond acceptors (Lipinski definition) is 12. The summed E-state index contributed by atoms with van der Waals surface area (Å²) >= 11 is 0. The largest absolute Gasteiger partial charge is 0.379 e. The Balaban J connectivity index is 3.04. The average Bonchev–Trinajstić information content (AvgIpc) is 2.96. The summed E-state index contributed by atoms with van der Waals surface area (Å²) in [4.78, 5) is 0. The first-order valence-electron chi connectivity index (χ1n) is 15.6. The lowest BCUT2D eigenvalue weighted by molar-refractivity contribution is -0.0293. The lowest BCUT2D eigenvalue weighted by atomic mass is 10.1. The lowest BCUT2D eigenvalue weighted by Gasteiger charge is -2.09. The minimum absolute atomic E-state index is 0.233. The van der Waals surface area contributed by atoms with Crippen molar-refractivity contribution in [2.45, 2.75) is 40.2 Å². The fraction of sp³-hybridized carbons (Fsp3) is 1.00. The minimum atomic E-state index is 0.233. The molecule has 0 aliphatic heterocycles. The topological polar surface area (TPSA) is 111 Å². The highest BCUT2D eigenvalue weighted by Crippen LogP contribution is 1.98. The fourth-order valence-electron chi connectivity index (χ4n) is 2.96. The van der Waals surface area contributed by atoms with E-state index in [0.717, 1.165) is 13.0 Å². The second-order valence-electron chi connectivity index (χ2n) is 9.84. The van der Waals surface area contributed by atoms with Gasteiger partial charge in [0.2, 0.25) is 0 Å². The molecule has 0 amide bonds. The van der Waals surface area contributed by atoms with Crippen LogP contribution in [0.3, 0.4) is 0 Å². The molecule has 0 aromatic heterocycles. The average molecular weight is 615 g/mol. The Kier molecular flexibility index (Phi) is 36.3. The number of ether oxygens (including phenoxy) is 12. The lowest BCUT2D eigenvalue weighted by Crippen LogP contribution is -2.15. The Hall–Kier alpha value is -0.480. The normalized spacial score (nSPS) is 11.9. The minimum Gasteiger partial charge on any atom is -0.379 e. The van der Waals surface area contributed by atoms with Crippen molar-refractivity contribution in [1.29, 1.82) is 0 Å². The van der Waals surface area contributed by atoms with E-state index in [2.05, 4.69) is 13.8 Å². The van der Waals surface area contributed by atoms with Gasteiger partial charge in [0.1, 0.15) is 0 Å². The molecule has 254 valence electrons. The van der Waals surface area contributed by atoms with Crippen LogP contribution in [-0.2, 0) is 56.8 Å². The van der Waals surface area contributed by atoms with E-state index in [1.54, 1.807) is 0 Å². The summed E-state index contributed by atoms with van der Waals surface area (Å²) in [6.45, 7) is 21.2. The van der Waals surface area contributed by atoms with Crippen LogP contribution < -0.4 is 0 Å². The van der Waals surface area contributed by atoms with Crippen molar-refractivity contribution in [3.05, 3.63) is 0 Å². The molecule has 0 rings (SSSR count). The summed E-state index contributed by atoms with van der Waals surface area (Å²) < 4.78 is 65.5. The molecule has 0 heterocycles. The third kappa shape index (κ3) is 39.5. The molecule has 0 aromatic carbocycles. The van der Waals surface area contributed by atoms with Gasteiger partial charge in [0.15, 0.2) is 0 Å². The van der Waals surface area contributed by atoms with E-state index >= 15 is 0 Å². The molecule has 0 unspecified atom stereocenters. The summed E-state index contributed by atoms with van der Waals surface area (Å²) in [5, 5.41) is 0. The van der Waals surface area contributed by atoms with Crippen LogP contribution in [0.25, 0.3) is 0 Å². The first kappa shape index (κ1) is 41.5. The maximum Gasteiger partial charge on any atom is 0.0703 e. The summed E-state index contributed by atoms with van der Waals surface area (Å²) in [5.41, 5.74) is 0. The van der Waals surface area contributed by atoms with Crippen LogP contribution in [0, 0.1) is 5.92 Å². The van der Waals surface area contributed by atoms with Crippen molar-refractivity contribution in [2.75, 3.05) is 152 Å². The van der Waals surface area contributed by atoms with Crippen LogP contribution in [0.15, 0.2) is 0 Å². The number of rotatable bonds is 37. The Morgan fingerprint density at radius 3 is 0.643 bits per heavy atom. The summed E-state index contributed by atoms with van der Waals surface area (Å²) in [7, 11) is 0. The van der Waals surface area contributed by atoms with Crippen LogP contribution in [0.2, 0.25) is 0 Å². The summed E-state index contributed by atoms with van der Waals surface area (Å²) in [6, 6.07) is 0. The van der Waals surface area contributed by atoms with E-state index in [-0.39, 0.29) is 6.10 Å². The zero-order chi connectivity index (χ0) is 30.6. The number of hydrogen-bond donors (Lipinski definition) is 0. The second kappa shape index (κ2) is 36.7. The Morgan fingerprint density at radius 1 is 0.262 bits per heavy atom. The van der Waals surface area contributed by atoms with Crippen molar-refractivity contribution in [3.8, 4) is 0 Å². The van der Waals surface area contributed by atoms with Gasteiger partial charge in [-0.3, -0.25) is 0 Å². The van der Waals surface area contributed by atoms with Crippen LogP contribution >= 0.6 is 0 Å². The van der Waals surface area contributed by atoms with Crippen LogP contribution in [0.5, 0.6) is 0 Å². The highest BCUT2D eigenvalue weighted by molar-refractivity contribution is 4.43. The molecule has 0 radical (unpaired) electrons. The molecule has 0 aliphatic carbocycles. The highest BCUT2D eigenvalue weighted by Gasteiger charge is 1.97. The van der Waals surface area contributed by atoms with Crippen LogP contribution in [0.1, 0.15) is 34.1 Å². The van der Waals surface area contributed by atoms with E-state index in [4.69, 9.17) is 56.8 Å². The van der Waals surface area contributed by atoms with E-state index < -0.39 is 0 Å². The zero-order valence-electron chi connectivity index (χ0n) is 27.0. The van der Waals surface area contributed by atoms with Gasteiger partial charge in [-0.1, -0.05) is 13.8 Å². The molecule has 0 N–H and O–H groups in total. The molecule has 42 heavy (non-hydrogen) atoms. The predicted molar refractivity (Wildman–Crippen MR) is 160 cm³/mol. The fourth-order valence-corrected chi connectivity index (χ4v) is 2.96. The van der Waals surface area contributed by atoms with Crippen LogP contribution in [-0.4, -0.2) is 158 Å². The first-order chi connectivity index (χ1) is 20.6. The molecule has 12 nitrogen and oxygen atoms in total. The van der Waals surface area contributed by atoms with Crippen molar-refractivity contribution < 1.29 is 56.8 Å². The monoisotopic (exact) mass is 614 g/mol. The van der Waals surface area contributed by atoms with Crippen molar-refractivity contribution in [1.82, 2.24) is 0 Å². The third-order valence-electron chi connectivity index (χ3n) is 5.24. The molecule has 12 heteroatoms. The van der Waals surface area contributed by atoms with E-state index in [9.17, 15) is 0 Å². The van der Waals surface area contributed by atoms with Gasteiger partial charge in [0.05, 0.1) is 151 Å². The molecule has 0 saturated heterocycles. The molecule has 0 fully saturated rings. The van der Waals surface area contributed by atoms with Crippen molar-refractivity contribution in [2.24, 2.45) is 5.92 Å². The Labute approximate surface area is 255 Å². The Bertz CT molecular complexity index is 443. The molecule has 0 spiro atoms. The molecular formula is C30H62O12. The summed E-state index contributed by atoms with van der Waals surface area (Å²) in [6.07, 6.45) is 1.32. The zero-order valence-corrected chi connectivity index (χ0v) is 27.0. The first-order valence-corrected chi connectivity index (χ1v) is 15.6. The van der Waals surface area contributed by atoms with E-state index in [1.165, 1.54) is 0 Å². The molecule has 0 atom stereocenters. The van der Waals surface area contributed by atoms with Gasteiger partial charge in [-0.15, -0.1) is 0 Å². The van der Waals surface area contributed by atoms with Gasteiger partial charge >= 0.3 is 0 Å². The summed E-state index contributed by atoms with van der Waals surface area (Å²) in [5.74, 6) is 0.670. The second-order valence-corrected chi connectivity index (χ2v) is 9.84. The van der Waals surface area contributed by atoms with Gasteiger partial charge in [-0.2, -0.15) is 0 Å². The smallest absolute Gasteiger partial charge is 0.0703 e. The van der Waals surface area contributed by atoms with E-state index in [1.807, 2.05) is 13.8 Å². The molecular weight excluding hydrogens is 552 g/mol. The maximum atomic E-state index is 5.49. The van der Waals surface area contributed by atoms with Gasteiger partial charge in [0, 0.05) is 6.61 Å².